The molecule has 1 N–H and O–H groups in total. The van der Waals surface area contributed by atoms with E-state index in [9.17, 15) is 9.59 Å². The fourth-order valence-corrected chi connectivity index (χ4v) is 2.06. The predicted octanol–water partition coefficient (Wildman–Crippen LogP) is 2.21. The van der Waals surface area contributed by atoms with Crippen molar-refractivity contribution in [3.05, 3.63) is 54.1 Å². The predicted molar refractivity (Wildman–Crippen MR) is 83.7 cm³/mol. The van der Waals surface area contributed by atoms with Gasteiger partial charge in [0.1, 0.15) is 5.69 Å². The number of para-hydroxylation sites is 1. The van der Waals surface area contributed by atoms with Gasteiger partial charge in [0.05, 0.1) is 17.4 Å². The van der Waals surface area contributed by atoms with Gasteiger partial charge in [-0.25, -0.2) is 4.98 Å². The number of rotatable bonds is 5. The van der Waals surface area contributed by atoms with Gasteiger partial charge >= 0.3 is 0 Å². The molecule has 2 rings (SSSR count). The van der Waals surface area contributed by atoms with E-state index in [-0.39, 0.29) is 11.6 Å². The van der Waals surface area contributed by atoms with E-state index in [4.69, 9.17) is 0 Å². The molecule has 0 bridgehead atoms. The van der Waals surface area contributed by atoms with Crippen LogP contribution in [0.25, 0.3) is 0 Å². The molecule has 0 spiro atoms. The molecule has 2 aromatic rings. The maximum absolute atomic E-state index is 12.5. The third-order valence-corrected chi connectivity index (χ3v) is 3.25. The first-order valence-corrected chi connectivity index (χ1v) is 7.13. The second kappa shape index (κ2) is 7.31. The summed E-state index contributed by atoms with van der Waals surface area (Å²) in [6, 6.07) is 6.94. The van der Waals surface area contributed by atoms with Crippen molar-refractivity contribution < 1.29 is 9.59 Å². The van der Waals surface area contributed by atoms with E-state index < -0.39 is 5.91 Å². The van der Waals surface area contributed by atoms with Crippen LogP contribution in [0.3, 0.4) is 0 Å². The van der Waals surface area contributed by atoms with Crippen LogP contribution in [0.1, 0.15) is 34.7 Å². The first kappa shape index (κ1) is 15.6. The molecule has 0 unspecified atom stereocenters. The van der Waals surface area contributed by atoms with Crippen molar-refractivity contribution in [2.75, 3.05) is 18.4 Å². The lowest BCUT2D eigenvalue weighted by Crippen LogP contribution is -2.31. The van der Waals surface area contributed by atoms with Crippen molar-refractivity contribution >= 4 is 17.5 Å². The lowest BCUT2D eigenvalue weighted by Gasteiger charge is -2.20. The fraction of sp³-hybridized carbons (Fsp3) is 0.250. The first-order valence-electron chi connectivity index (χ1n) is 7.13. The Labute approximate surface area is 129 Å². The summed E-state index contributed by atoms with van der Waals surface area (Å²) >= 11 is 0. The highest BCUT2D eigenvalue weighted by atomic mass is 16.2. The lowest BCUT2D eigenvalue weighted by atomic mass is 10.1. The van der Waals surface area contributed by atoms with E-state index in [0.29, 0.717) is 24.3 Å². The summed E-state index contributed by atoms with van der Waals surface area (Å²) in [7, 11) is 0. The van der Waals surface area contributed by atoms with E-state index in [1.165, 1.54) is 18.6 Å². The van der Waals surface area contributed by atoms with Gasteiger partial charge in [-0.2, -0.15) is 0 Å². The van der Waals surface area contributed by atoms with Crippen LogP contribution in [0, 0.1) is 0 Å². The molecule has 6 nitrogen and oxygen atoms in total. The molecule has 22 heavy (non-hydrogen) atoms. The minimum Gasteiger partial charge on any atom is -0.339 e. The highest BCUT2D eigenvalue weighted by Gasteiger charge is 2.18. The van der Waals surface area contributed by atoms with Gasteiger partial charge in [0.25, 0.3) is 11.8 Å². The molecule has 0 radical (unpaired) electrons. The molecular formula is C16H18N4O2. The van der Waals surface area contributed by atoms with E-state index in [1.807, 2.05) is 13.8 Å². The van der Waals surface area contributed by atoms with Gasteiger partial charge in [-0.1, -0.05) is 12.1 Å². The van der Waals surface area contributed by atoms with Crippen LogP contribution in [0.5, 0.6) is 0 Å². The number of carbonyl (C=O) groups is 2. The molecule has 0 atom stereocenters. The number of nitrogens with zero attached hydrogens (tertiary/aromatic N) is 3. The molecule has 6 heteroatoms. The van der Waals surface area contributed by atoms with Crippen LogP contribution in [0.15, 0.2) is 42.9 Å². The van der Waals surface area contributed by atoms with Gasteiger partial charge in [-0.3, -0.25) is 14.6 Å². The van der Waals surface area contributed by atoms with Gasteiger partial charge in [-0.05, 0) is 26.0 Å². The lowest BCUT2D eigenvalue weighted by molar-refractivity contribution is 0.0774. The Balaban J connectivity index is 2.25. The number of aromatic nitrogens is 2. The number of anilines is 1. The van der Waals surface area contributed by atoms with Crippen molar-refractivity contribution in [2.24, 2.45) is 0 Å². The Hall–Kier alpha value is -2.76. The quantitative estimate of drug-likeness (QED) is 0.918. The number of hydrogen-bond donors (Lipinski definition) is 1. The van der Waals surface area contributed by atoms with Gasteiger partial charge < -0.3 is 10.2 Å². The van der Waals surface area contributed by atoms with Gasteiger partial charge in [0.15, 0.2) is 0 Å². The van der Waals surface area contributed by atoms with Crippen molar-refractivity contribution in [3.63, 3.8) is 0 Å². The third kappa shape index (κ3) is 3.46. The zero-order valence-corrected chi connectivity index (χ0v) is 12.6. The van der Waals surface area contributed by atoms with Crippen LogP contribution >= 0.6 is 0 Å². The minimum absolute atomic E-state index is 0.111. The molecule has 0 aliphatic rings. The summed E-state index contributed by atoms with van der Waals surface area (Å²) in [5.41, 5.74) is 1.13. The second-order valence-corrected chi connectivity index (χ2v) is 4.57. The molecule has 1 aromatic carbocycles. The average Bonchev–Trinajstić information content (AvgIpc) is 2.57. The Morgan fingerprint density at radius 1 is 1.14 bits per heavy atom. The Kier molecular flexibility index (Phi) is 5.19. The summed E-state index contributed by atoms with van der Waals surface area (Å²) < 4.78 is 0. The van der Waals surface area contributed by atoms with Crippen molar-refractivity contribution in [1.82, 2.24) is 14.9 Å². The summed E-state index contributed by atoms with van der Waals surface area (Å²) in [6.45, 7) is 5.06. The van der Waals surface area contributed by atoms with E-state index >= 15 is 0 Å². The molecule has 114 valence electrons. The summed E-state index contributed by atoms with van der Waals surface area (Å²) in [4.78, 5) is 34.2. The van der Waals surface area contributed by atoms with Gasteiger partial charge in [0, 0.05) is 25.5 Å². The zero-order chi connectivity index (χ0) is 15.9. The molecule has 1 heterocycles. The zero-order valence-electron chi connectivity index (χ0n) is 12.6. The second-order valence-electron chi connectivity index (χ2n) is 4.57. The smallest absolute Gasteiger partial charge is 0.275 e. The molecule has 0 aliphatic heterocycles. The first-order chi connectivity index (χ1) is 10.7. The standard InChI is InChI=1S/C16H18N4O2/c1-3-20(4-2)16(22)12-7-5-6-8-13(12)19-15(21)14-11-17-9-10-18-14/h5-11H,3-4H2,1-2H3,(H,19,21). The van der Waals surface area contributed by atoms with Crippen molar-refractivity contribution in [1.29, 1.82) is 0 Å². The number of benzene rings is 1. The highest BCUT2D eigenvalue weighted by Crippen LogP contribution is 2.18. The van der Waals surface area contributed by atoms with Crippen LogP contribution in [-0.2, 0) is 0 Å². The maximum Gasteiger partial charge on any atom is 0.275 e. The van der Waals surface area contributed by atoms with Crippen LogP contribution in [0.2, 0.25) is 0 Å². The largest absolute Gasteiger partial charge is 0.339 e. The molecule has 0 saturated carbocycles. The van der Waals surface area contributed by atoms with E-state index in [0.717, 1.165) is 0 Å². The van der Waals surface area contributed by atoms with E-state index in [2.05, 4.69) is 15.3 Å². The minimum atomic E-state index is -0.395. The molecule has 1 aromatic heterocycles. The molecule has 0 fully saturated rings. The fourth-order valence-electron chi connectivity index (χ4n) is 2.06. The molecular weight excluding hydrogens is 280 g/mol. The van der Waals surface area contributed by atoms with E-state index in [1.54, 1.807) is 29.2 Å². The maximum atomic E-state index is 12.5. The van der Waals surface area contributed by atoms with Gasteiger partial charge in [-0.15, -0.1) is 0 Å². The number of carbonyl (C=O) groups excluding carboxylic acids is 2. The highest BCUT2D eigenvalue weighted by molar-refractivity contribution is 6.08. The SMILES string of the molecule is CCN(CC)C(=O)c1ccccc1NC(=O)c1cnccn1. The molecule has 0 saturated heterocycles. The number of hydrogen-bond acceptors (Lipinski definition) is 4. The summed E-state index contributed by atoms with van der Waals surface area (Å²) in [6.07, 6.45) is 4.32. The van der Waals surface area contributed by atoms with Crippen molar-refractivity contribution in [3.8, 4) is 0 Å². The summed E-state index contributed by atoms with van der Waals surface area (Å²) in [5, 5.41) is 2.72. The van der Waals surface area contributed by atoms with Crippen LogP contribution < -0.4 is 5.32 Å². The Bertz CT molecular complexity index is 654. The number of amides is 2. The Morgan fingerprint density at radius 2 is 1.86 bits per heavy atom. The number of nitrogens with one attached hydrogen (secondary N) is 1. The van der Waals surface area contributed by atoms with Crippen LogP contribution in [0.4, 0.5) is 5.69 Å². The Morgan fingerprint density at radius 3 is 2.50 bits per heavy atom. The van der Waals surface area contributed by atoms with Gasteiger partial charge in [0.2, 0.25) is 0 Å². The monoisotopic (exact) mass is 298 g/mol. The third-order valence-electron chi connectivity index (χ3n) is 3.25. The topological polar surface area (TPSA) is 75.2 Å². The van der Waals surface area contributed by atoms with Crippen molar-refractivity contribution in [2.45, 2.75) is 13.8 Å². The normalized spacial score (nSPS) is 10.1. The summed E-state index contributed by atoms with van der Waals surface area (Å²) in [5.74, 6) is -0.507. The van der Waals surface area contributed by atoms with Crippen LogP contribution in [-0.4, -0.2) is 39.8 Å². The molecule has 2 amide bonds. The molecule has 0 aliphatic carbocycles. The average molecular weight is 298 g/mol.